The van der Waals surface area contributed by atoms with Gasteiger partial charge in [0, 0.05) is 22.9 Å². The van der Waals surface area contributed by atoms with Crippen LogP contribution in [0.2, 0.25) is 0 Å². The summed E-state index contributed by atoms with van der Waals surface area (Å²) in [5, 5.41) is 17.1. The van der Waals surface area contributed by atoms with Crippen LogP contribution in [0.15, 0.2) is 48.5 Å². The average molecular weight is 362 g/mol. The van der Waals surface area contributed by atoms with Gasteiger partial charge in [-0.15, -0.1) is 5.10 Å². The molecule has 8 heteroatoms. The molecule has 2 amide bonds. The van der Waals surface area contributed by atoms with Crippen molar-refractivity contribution < 1.29 is 9.59 Å². The monoisotopic (exact) mass is 362 g/mol. The number of hydrogen-bond donors (Lipinski definition) is 2. The van der Waals surface area contributed by atoms with Gasteiger partial charge in [0.25, 0.3) is 5.91 Å². The molecule has 1 aliphatic rings. The van der Waals surface area contributed by atoms with E-state index in [1.54, 1.807) is 48.0 Å². The highest BCUT2D eigenvalue weighted by Crippen LogP contribution is 2.30. The van der Waals surface area contributed by atoms with Crippen LogP contribution in [0.1, 0.15) is 29.0 Å². The van der Waals surface area contributed by atoms with E-state index >= 15 is 0 Å². The van der Waals surface area contributed by atoms with Gasteiger partial charge in [-0.2, -0.15) is 4.68 Å². The van der Waals surface area contributed by atoms with Gasteiger partial charge < -0.3 is 10.6 Å². The van der Waals surface area contributed by atoms with Crippen molar-refractivity contribution in [3.63, 3.8) is 0 Å². The second-order valence-electron chi connectivity index (χ2n) is 6.48. The Bertz CT molecular complexity index is 991. The van der Waals surface area contributed by atoms with Crippen molar-refractivity contribution >= 4 is 23.2 Å². The van der Waals surface area contributed by atoms with Crippen LogP contribution in [-0.2, 0) is 4.79 Å². The predicted molar refractivity (Wildman–Crippen MR) is 99.6 cm³/mol. The molecular weight excluding hydrogens is 344 g/mol. The van der Waals surface area contributed by atoms with Gasteiger partial charge in [-0.05, 0) is 72.7 Å². The molecule has 1 heterocycles. The number of carbonyl (C=O) groups excluding carboxylic acids is 2. The number of tetrazole rings is 1. The topological polar surface area (TPSA) is 102 Å². The Morgan fingerprint density at radius 3 is 2.48 bits per heavy atom. The number of benzene rings is 2. The lowest BCUT2D eigenvalue weighted by Gasteiger charge is -2.09. The second kappa shape index (κ2) is 6.99. The molecule has 4 rings (SSSR count). The molecule has 136 valence electrons. The van der Waals surface area contributed by atoms with Crippen molar-refractivity contribution in [3.8, 4) is 5.69 Å². The Morgan fingerprint density at radius 2 is 1.81 bits per heavy atom. The van der Waals surface area contributed by atoms with E-state index in [0.29, 0.717) is 22.8 Å². The molecular formula is C19H18N6O2. The maximum absolute atomic E-state index is 12.5. The zero-order valence-corrected chi connectivity index (χ0v) is 14.7. The van der Waals surface area contributed by atoms with Crippen molar-refractivity contribution in [1.29, 1.82) is 0 Å². The Balaban J connectivity index is 1.44. The smallest absolute Gasteiger partial charge is 0.255 e. The van der Waals surface area contributed by atoms with E-state index in [1.807, 2.05) is 12.1 Å². The highest BCUT2D eigenvalue weighted by molar-refractivity contribution is 6.04. The van der Waals surface area contributed by atoms with Crippen LogP contribution >= 0.6 is 0 Å². The Hall–Kier alpha value is -3.55. The highest BCUT2D eigenvalue weighted by atomic mass is 16.2. The van der Waals surface area contributed by atoms with E-state index in [9.17, 15) is 9.59 Å². The second-order valence-corrected chi connectivity index (χ2v) is 6.48. The molecule has 0 bridgehead atoms. The molecule has 1 saturated carbocycles. The van der Waals surface area contributed by atoms with Gasteiger partial charge in [-0.1, -0.05) is 6.07 Å². The number of aromatic nitrogens is 4. The molecule has 0 aliphatic heterocycles. The van der Waals surface area contributed by atoms with Gasteiger partial charge >= 0.3 is 0 Å². The average Bonchev–Trinajstić information content (AvgIpc) is 3.44. The van der Waals surface area contributed by atoms with Crippen molar-refractivity contribution in [2.75, 3.05) is 10.6 Å². The quantitative estimate of drug-likeness (QED) is 0.726. The first-order chi connectivity index (χ1) is 13.1. The van der Waals surface area contributed by atoms with Crippen LogP contribution in [0, 0.1) is 12.8 Å². The molecule has 1 fully saturated rings. The standard InChI is InChI=1S/C19H18N6O2/c1-12-22-23-24-25(12)17-4-2-3-16(11-17)21-19(27)14-7-9-15(10-8-14)20-18(26)13-5-6-13/h2-4,7-11,13H,5-6H2,1H3,(H,20,26)(H,21,27). The van der Waals surface area contributed by atoms with Crippen LogP contribution in [0.4, 0.5) is 11.4 Å². The molecule has 0 spiro atoms. The number of nitrogens with zero attached hydrogens (tertiary/aromatic N) is 4. The van der Waals surface area contributed by atoms with E-state index in [1.165, 1.54) is 0 Å². The van der Waals surface area contributed by atoms with Crippen LogP contribution in [0.3, 0.4) is 0 Å². The molecule has 27 heavy (non-hydrogen) atoms. The summed E-state index contributed by atoms with van der Waals surface area (Å²) in [6, 6.07) is 14.1. The largest absolute Gasteiger partial charge is 0.326 e. The van der Waals surface area contributed by atoms with Crippen molar-refractivity contribution in [1.82, 2.24) is 20.2 Å². The number of hydrogen-bond acceptors (Lipinski definition) is 5. The van der Waals surface area contributed by atoms with Crippen molar-refractivity contribution in [3.05, 3.63) is 59.9 Å². The first-order valence-corrected chi connectivity index (χ1v) is 8.68. The number of nitrogens with one attached hydrogen (secondary N) is 2. The van der Waals surface area contributed by atoms with Gasteiger partial charge in [0.15, 0.2) is 5.82 Å². The maximum Gasteiger partial charge on any atom is 0.255 e. The molecule has 0 saturated heterocycles. The van der Waals surface area contributed by atoms with Gasteiger partial charge in [-0.3, -0.25) is 9.59 Å². The molecule has 1 aromatic heterocycles. The van der Waals surface area contributed by atoms with E-state index < -0.39 is 0 Å². The van der Waals surface area contributed by atoms with E-state index in [2.05, 4.69) is 26.2 Å². The van der Waals surface area contributed by atoms with Gasteiger partial charge in [-0.25, -0.2) is 0 Å². The SMILES string of the molecule is Cc1nnnn1-c1cccc(NC(=O)c2ccc(NC(=O)C3CC3)cc2)c1. The lowest BCUT2D eigenvalue weighted by atomic mass is 10.2. The van der Waals surface area contributed by atoms with Crippen LogP contribution in [0.5, 0.6) is 0 Å². The summed E-state index contributed by atoms with van der Waals surface area (Å²) in [5.74, 6) is 0.606. The van der Waals surface area contributed by atoms with E-state index in [4.69, 9.17) is 0 Å². The van der Waals surface area contributed by atoms with Crippen molar-refractivity contribution in [2.45, 2.75) is 19.8 Å². The fourth-order valence-electron chi connectivity index (χ4n) is 2.68. The third-order valence-electron chi connectivity index (χ3n) is 4.34. The third-order valence-corrected chi connectivity index (χ3v) is 4.34. The number of aryl methyl sites for hydroxylation is 1. The number of anilines is 2. The minimum Gasteiger partial charge on any atom is -0.326 e. The maximum atomic E-state index is 12.5. The highest BCUT2D eigenvalue weighted by Gasteiger charge is 2.29. The number of rotatable bonds is 5. The van der Waals surface area contributed by atoms with E-state index in [-0.39, 0.29) is 17.7 Å². The molecule has 0 atom stereocenters. The first-order valence-electron chi connectivity index (χ1n) is 8.68. The summed E-state index contributed by atoms with van der Waals surface area (Å²) < 4.78 is 1.59. The first kappa shape index (κ1) is 16.9. The number of amides is 2. The Kier molecular flexibility index (Phi) is 4.37. The molecule has 1 aliphatic carbocycles. The zero-order chi connectivity index (χ0) is 18.8. The third kappa shape index (κ3) is 3.84. The summed E-state index contributed by atoms with van der Waals surface area (Å²) in [5.41, 5.74) is 2.59. The summed E-state index contributed by atoms with van der Waals surface area (Å²) in [6.45, 7) is 1.80. The lowest BCUT2D eigenvalue weighted by Crippen LogP contribution is -2.14. The minimum absolute atomic E-state index is 0.0434. The van der Waals surface area contributed by atoms with Crippen molar-refractivity contribution in [2.24, 2.45) is 5.92 Å². The molecule has 0 unspecified atom stereocenters. The number of carbonyl (C=O) groups is 2. The van der Waals surface area contributed by atoms with Crippen LogP contribution < -0.4 is 10.6 Å². The summed E-state index contributed by atoms with van der Waals surface area (Å²) >= 11 is 0. The summed E-state index contributed by atoms with van der Waals surface area (Å²) in [7, 11) is 0. The Morgan fingerprint density at radius 1 is 1.04 bits per heavy atom. The lowest BCUT2D eigenvalue weighted by molar-refractivity contribution is -0.117. The van der Waals surface area contributed by atoms with Crippen LogP contribution in [0.25, 0.3) is 5.69 Å². The predicted octanol–water partition coefficient (Wildman–Crippen LogP) is 2.57. The normalized spacial score (nSPS) is 13.2. The zero-order valence-electron chi connectivity index (χ0n) is 14.7. The summed E-state index contributed by atoms with van der Waals surface area (Å²) in [6.07, 6.45) is 1.91. The molecule has 8 nitrogen and oxygen atoms in total. The fourth-order valence-corrected chi connectivity index (χ4v) is 2.68. The fraction of sp³-hybridized carbons (Fsp3) is 0.211. The Labute approximate surface area is 155 Å². The molecule has 3 aromatic rings. The summed E-state index contributed by atoms with van der Waals surface area (Å²) in [4.78, 5) is 24.3. The molecule has 0 radical (unpaired) electrons. The van der Waals surface area contributed by atoms with Gasteiger partial charge in [0.1, 0.15) is 0 Å². The molecule has 2 aromatic carbocycles. The van der Waals surface area contributed by atoms with E-state index in [0.717, 1.165) is 18.5 Å². The molecule has 2 N–H and O–H groups in total. The minimum atomic E-state index is -0.236. The van der Waals surface area contributed by atoms with Gasteiger partial charge in [0.2, 0.25) is 5.91 Å². The van der Waals surface area contributed by atoms with Crippen LogP contribution in [-0.4, -0.2) is 32.0 Å². The van der Waals surface area contributed by atoms with Gasteiger partial charge in [0.05, 0.1) is 5.69 Å².